The van der Waals surface area contributed by atoms with Crippen molar-refractivity contribution in [2.45, 2.75) is 91.0 Å². The Morgan fingerprint density at radius 1 is 1.00 bits per heavy atom. The van der Waals surface area contributed by atoms with E-state index in [1.54, 1.807) is 41.5 Å². The summed E-state index contributed by atoms with van der Waals surface area (Å²) in [7, 11) is 1.28. The molecule has 0 aliphatic heterocycles. The van der Waals surface area contributed by atoms with Gasteiger partial charge >= 0.3 is 17.9 Å². The van der Waals surface area contributed by atoms with Crippen LogP contribution in [-0.2, 0) is 33.4 Å². The van der Waals surface area contributed by atoms with Gasteiger partial charge in [0.1, 0.15) is 15.8 Å². The summed E-state index contributed by atoms with van der Waals surface area (Å²) in [5.41, 5.74) is -2.29. The molecule has 0 radical (unpaired) electrons. The van der Waals surface area contributed by atoms with Crippen LogP contribution in [0.3, 0.4) is 0 Å². The summed E-state index contributed by atoms with van der Waals surface area (Å²) in [6.07, 6.45) is -1.59. The van der Waals surface area contributed by atoms with Gasteiger partial charge in [-0.15, -0.1) is 0 Å². The molecule has 0 rings (SSSR count). The van der Waals surface area contributed by atoms with Crippen molar-refractivity contribution in [2.24, 2.45) is 11.3 Å². The number of rotatable bonds is 11. The van der Waals surface area contributed by atoms with Gasteiger partial charge in [0.05, 0.1) is 18.6 Å². The van der Waals surface area contributed by atoms with E-state index in [4.69, 9.17) is 19.0 Å². The number of halogens is 1. The molecule has 0 aliphatic rings. The lowest BCUT2D eigenvalue weighted by atomic mass is 9.82. The van der Waals surface area contributed by atoms with Crippen LogP contribution in [0.5, 0.6) is 0 Å². The molecule has 0 fully saturated rings. The summed E-state index contributed by atoms with van der Waals surface area (Å²) < 4.78 is 14.4. The first-order valence-electron chi connectivity index (χ1n) is 9.78. The number of carbonyl (C=O) groups excluding carboxylic acids is 3. The van der Waals surface area contributed by atoms with E-state index in [1.807, 2.05) is 0 Å². The lowest BCUT2D eigenvalue weighted by Crippen LogP contribution is -2.48. The smallest absolute Gasteiger partial charge is 0.323 e. The summed E-state index contributed by atoms with van der Waals surface area (Å²) in [5, 5.41) is 12.4. The second kappa shape index (κ2) is 10.9. The molecular formula is C20H35BrNO8-. The Kier molecular flexibility index (Phi) is 10.4. The number of nitrogens with zero attached hydrogens (tertiary/aromatic N) is 1. The zero-order valence-electron chi connectivity index (χ0n) is 19.5. The molecule has 0 N–H and O–H groups in total. The van der Waals surface area contributed by atoms with Crippen molar-refractivity contribution in [3.8, 4) is 0 Å². The highest BCUT2D eigenvalue weighted by atomic mass is 79.9. The topological polar surface area (TPSA) is 114 Å². The maximum Gasteiger partial charge on any atom is 0.323 e. The van der Waals surface area contributed by atoms with Gasteiger partial charge in [0.2, 0.25) is 0 Å². The molecule has 0 aliphatic carbocycles. The molecule has 176 valence electrons. The van der Waals surface area contributed by atoms with E-state index in [1.165, 1.54) is 27.9 Å². The van der Waals surface area contributed by atoms with E-state index in [9.17, 15) is 19.6 Å². The Balaban J connectivity index is 5.14. The molecule has 0 spiro atoms. The molecule has 4 atom stereocenters. The molecule has 1 unspecified atom stereocenters. The van der Waals surface area contributed by atoms with Crippen molar-refractivity contribution in [1.29, 1.82) is 0 Å². The Morgan fingerprint density at radius 2 is 1.50 bits per heavy atom. The number of hydroxylamine groups is 2. The molecule has 0 aromatic rings. The summed E-state index contributed by atoms with van der Waals surface area (Å²) in [4.78, 5) is 42.0. The first kappa shape index (κ1) is 28.8. The maximum absolute atomic E-state index is 12.7. The fourth-order valence-corrected chi connectivity index (χ4v) is 2.34. The molecule has 30 heavy (non-hydrogen) atoms. The number of carbonyl (C=O) groups is 3. The quantitative estimate of drug-likeness (QED) is 0.139. The predicted octanol–water partition coefficient (Wildman–Crippen LogP) is 3.72. The standard InChI is InChI=1S/C20H35BrNO8/c1-11-20(9,17(25)27-10)13(3)28-15(23)12(2)19(7,8)30-22(26)14(4)29-16(24)18(5,6)21/h12-14H,11H2,1-10H3/q-1/t12-,13?,14-,20-/m0/s1. The van der Waals surface area contributed by atoms with E-state index in [-0.39, 0.29) is 5.23 Å². The van der Waals surface area contributed by atoms with E-state index in [2.05, 4.69) is 15.9 Å². The fraction of sp³-hybridized carbons (Fsp3) is 0.850. The molecule has 9 nitrogen and oxygen atoms in total. The summed E-state index contributed by atoms with van der Waals surface area (Å²) in [6.45, 7) is 14.2. The lowest BCUT2D eigenvalue weighted by Gasteiger charge is -2.42. The lowest BCUT2D eigenvalue weighted by molar-refractivity contribution is -0.278. The second-order valence-electron chi connectivity index (χ2n) is 8.52. The molecule has 0 saturated carbocycles. The highest BCUT2D eigenvalue weighted by Crippen LogP contribution is 2.32. The summed E-state index contributed by atoms with van der Waals surface area (Å²) in [5.74, 6) is -2.63. The SMILES string of the molecule is CC[C@](C)(C(=O)OC)C(C)OC(=O)[C@H](C)C(C)(C)ON([O-])[C@H](C)OC(=O)C(C)(C)Br. The Labute approximate surface area is 187 Å². The molecule has 0 aromatic carbocycles. The number of hydrogen-bond donors (Lipinski definition) is 0. The maximum atomic E-state index is 12.7. The van der Waals surface area contributed by atoms with Crippen LogP contribution >= 0.6 is 15.9 Å². The molecule has 0 bridgehead atoms. The van der Waals surface area contributed by atoms with Gasteiger partial charge in [0.25, 0.3) is 0 Å². The van der Waals surface area contributed by atoms with Crippen LogP contribution in [0.4, 0.5) is 0 Å². The highest BCUT2D eigenvalue weighted by molar-refractivity contribution is 9.10. The summed E-state index contributed by atoms with van der Waals surface area (Å²) in [6, 6.07) is 0. The zero-order chi connectivity index (χ0) is 24.1. The summed E-state index contributed by atoms with van der Waals surface area (Å²) >= 11 is 3.16. The number of ether oxygens (including phenoxy) is 3. The molecule has 10 heteroatoms. The Hall–Kier alpha value is -1.23. The van der Waals surface area contributed by atoms with Crippen LogP contribution in [-0.4, -0.2) is 52.5 Å². The molecule has 0 heterocycles. The van der Waals surface area contributed by atoms with Gasteiger partial charge in [-0.2, -0.15) is 0 Å². The van der Waals surface area contributed by atoms with Gasteiger partial charge in [-0.3, -0.25) is 14.4 Å². The van der Waals surface area contributed by atoms with Crippen LogP contribution in [0.1, 0.15) is 68.7 Å². The van der Waals surface area contributed by atoms with Gasteiger partial charge in [-0.05, 0) is 61.8 Å². The van der Waals surface area contributed by atoms with Crippen LogP contribution < -0.4 is 0 Å². The van der Waals surface area contributed by atoms with Gasteiger partial charge in [-0.25, -0.2) is 5.23 Å². The third-order valence-corrected chi connectivity index (χ3v) is 5.68. The van der Waals surface area contributed by atoms with Crippen molar-refractivity contribution >= 4 is 33.8 Å². The van der Waals surface area contributed by atoms with E-state index < -0.39 is 51.5 Å². The minimum Gasteiger partial charge on any atom is -0.759 e. The van der Waals surface area contributed by atoms with Crippen LogP contribution in [0.2, 0.25) is 0 Å². The number of methoxy groups -OCH3 is 1. The van der Waals surface area contributed by atoms with Gasteiger partial charge in [0, 0.05) is 0 Å². The van der Waals surface area contributed by atoms with Crippen molar-refractivity contribution in [1.82, 2.24) is 5.23 Å². The minimum absolute atomic E-state index is 0.133. The fourth-order valence-electron chi connectivity index (χ4n) is 2.24. The molecule has 0 aromatic heterocycles. The van der Waals surface area contributed by atoms with Crippen molar-refractivity contribution < 1.29 is 33.4 Å². The third-order valence-electron chi connectivity index (χ3n) is 5.36. The Bertz CT molecular complexity index is 618. The van der Waals surface area contributed by atoms with Crippen LogP contribution in [0.15, 0.2) is 0 Å². The van der Waals surface area contributed by atoms with E-state index >= 15 is 0 Å². The zero-order valence-corrected chi connectivity index (χ0v) is 21.1. The first-order valence-corrected chi connectivity index (χ1v) is 10.6. The Morgan fingerprint density at radius 3 is 1.90 bits per heavy atom. The minimum atomic E-state index is -1.28. The van der Waals surface area contributed by atoms with E-state index in [0.717, 1.165) is 0 Å². The van der Waals surface area contributed by atoms with Crippen molar-refractivity contribution in [3.63, 3.8) is 0 Å². The van der Waals surface area contributed by atoms with Gasteiger partial charge in [-0.1, -0.05) is 22.9 Å². The van der Waals surface area contributed by atoms with Crippen LogP contribution in [0, 0.1) is 16.5 Å². The highest BCUT2D eigenvalue weighted by Gasteiger charge is 2.43. The average Bonchev–Trinajstić information content (AvgIpc) is 2.64. The van der Waals surface area contributed by atoms with Crippen molar-refractivity contribution in [2.75, 3.05) is 7.11 Å². The molecular weight excluding hydrogens is 462 g/mol. The third kappa shape index (κ3) is 7.47. The first-order chi connectivity index (χ1) is 13.4. The number of hydrogen-bond acceptors (Lipinski definition) is 9. The van der Waals surface area contributed by atoms with Gasteiger partial charge < -0.3 is 24.3 Å². The van der Waals surface area contributed by atoms with Crippen LogP contribution in [0.25, 0.3) is 0 Å². The van der Waals surface area contributed by atoms with E-state index in [0.29, 0.717) is 6.42 Å². The number of alkyl halides is 1. The van der Waals surface area contributed by atoms with Gasteiger partial charge in [0.15, 0.2) is 6.23 Å². The average molecular weight is 497 g/mol. The second-order valence-corrected chi connectivity index (χ2v) is 10.5. The largest absolute Gasteiger partial charge is 0.759 e. The predicted molar refractivity (Wildman–Crippen MR) is 114 cm³/mol. The number of esters is 3. The monoisotopic (exact) mass is 496 g/mol. The molecule has 0 saturated heterocycles. The normalized spacial score (nSPS) is 17.5. The van der Waals surface area contributed by atoms with Crippen molar-refractivity contribution in [3.05, 3.63) is 5.21 Å². The molecule has 0 amide bonds.